The summed E-state index contributed by atoms with van der Waals surface area (Å²) >= 11 is 0. The minimum atomic E-state index is -4.86. The van der Waals surface area contributed by atoms with Crippen molar-refractivity contribution in [2.24, 2.45) is 0 Å². The highest BCUT2D eigenvalue weighted by Gasteiger charge is 2.32. The molecule has 23 heavy (non-hydrogen) atoms. The van der Waals surface area contributed by atoms with Gasteiger partial charge in [0.05, 0.1) is 0 Å². The van der Waals surface area contributed by atoms with E-state index in [-0.39, 0.29) is 16.7 Å². The predicted octanol–water partition coefficient (Wildman–Crippen LogP) is 5.46. The first-order chi connectivity index (χ1) is 10.5. The molecule has 0 N–H and O–H groups in total. The van der Waals surface area contributed by atoms with Crippen LogP contribution in [-0.2, 0) is 0 Å². The van der Waals surface area contributed by atoms with Gasteiger partial charge in [-0.3, -0.25) is 0 Å². The molecule has 0 fully saturated rings. The largest absolute Gasteiger partial charge is 0.573 e. The molecule has 0 atom stereocenters. The van der Waals surface area contributed by atoms with Crippen LogP contribution >= 0.6 is 0 Å². The topological polar surface area (TPSA) is 18.5 Å². The number of rotatable bonds is 3. The van der Waals surface area contributed by atoms with E-state index in [4.69, 9.17) is 0 Å². The van der Waals surface area contributed by atoms with Gasteiger partial charge in [-0.15, -0.1) is 26.3 Å². The number of hydrogen-bond acceptors (Lipinski definition) is 2. The Morgan fingerprint density at radius 1 is 0.739 bits per heavy atom. The zero-order valence-electron chi connectivity index (χ0n) is 11.6. The highest BCUT2D eigenvalue weighted by Crippen LogP contribution is 2.33. The Kier molecular flexibility index (Phi) is 4.44. The number of hydrogen-bond donors (Lipinski definition) is 0. The maximum atomic E-state index is 12.3. The molecule has 0 amide bonds. The molecule has 0 aliphatic heterocycles. The fraction of sp³-hybridized carbons (Fsp3) is 0.200. The van der Waals surface area contributed by atoms with E-state index in [9.17, 15) is 26.3 Å². The Morgan fingerprint density at radius 3 is 1.96 bits per heavy atom. The SMILES string of the molecule is Cc1ccc(-c2cccc(OC(F)(F)F)c2)cc1OC(F)(F)F. The first kappa shape index (κ1) is 17.0. The molecule has 0 aliphatic carbocycles. The van der Waals surface area contributed by atoms with Crippen LogP contribution in [0.3, 0.4) is 0 Å². The highest BCUT2D eigenvalue weighted by atomic mass is 19.4. The van der Waals surface area contributed by atoms with Gasteiger partial charge in [-0.05, 0) is 41.8 Å². The van der Waals surface area contributed by atoms with Crippen molar-refractivity contribution in [3.8, 4) is 22.6 Å². The Morgan fingerprint density at radius 2 is 1.35 bits per heavy atom. The van der Waals surface area contributed by atoms with Crippen LogP contribution < -0.4 is 9.47 Å². The summed E-state index contributed by atoms with van der Waals surface area (Å²) in [5, 5.41) is 0. The van der Waals surface area contributed by atoms with Crippen LogP contribution in [0.15, 0.2) is 42.5 Å². The summed E-state index contributed by atoms with van der Waals surface area (Å²) in [6.07, 6.45) is -9.71. The van der Waals surface area contributed by atoms with Crippen LogP contribution in [0, 0.1) is 6.92 Å². The van der Waals surface area contributed by atoms with Gasteiger partial charge in [-0.1, -0.05) is 24.3 Å². The molecular formula is C15H10F6O2. The summed E-state index contributed by atoms with van der Waals surface area (Å²) in [7, 11) is 0. The second-order valence-corrected chi connectivity index (χ2v) is 4.60. The van der Waals surface area contributed by atoms with Gasteiger partial charge in [0.1, 0.15) is 11.5 Å². The lowest BCUT2D eigenvalue weighted by molar-refractivity contribution is -0.275. The lowest BCUT2D eigenvalue weighted by atomic mass is 10.0. The van der Waals surface area contributed by atoms with Crippen molar-refractivity contribution in [3.63, 3.8) is 0 Å². The van der Waals surface area contributed by atoms with Crippen molar-refractivity contribution in [3.05, 3.63) is 48.0 Å². The maximum Gasteiger partial charge on any atom is 0.573 e. The molecule has 0 saturated heterocycles. The van der Waals surface area contributed by atoms with E-state index in [1.165, 1.54) is 31.2 Å². The summed E-state index contributed by atoms with van der Waals surface area (Å²) < 4.78 is 81.3. The van der Waals surface area contributed by atoms with Gasteiger partial charge in [-0.25, -0.2) is 0 Å². The number of aryl methyl sites for hydroxylation is 1. The molecule has 2 rings (SSSR count). The molecule has 2 aromatic rings. The molecule has 0 aromatic heterocycles. The van der Waals surface area contributed by atoms with E-state index in [1.807, 2.05) is 0 Å². The molecule has 2 aromatic carbocycles. The van der Waals surface area contributed by atoms with Crippen LogP contribution in [-0.4, -0.2) is 12.7 Å². The molecule has 0 radical (unpaired) electrons. The lowest BCUT2D eigenvalue weighted by Crippen LogP contribution is -2.17. The van der Waals surface area contributed by atoms with E-state index < -0.39 is 24.2 Å². The molecule has 0 bridgehead atoms. The van der Waals surface area contributed by atoms with Crippen LogP contribution in [0.4, 0.5) is 26.3 Å². The summed E-state index contributed by atoms with van der Waals surface area (Å²) in [5.41, 5.74) is 0.773. The van der Waals surface area contributed by atoms with E-state index in [0.29, 0.717) is 0 Å². The Hall–Kier alpha value is -2.38. The number of ether oxygens (including phenoxy) is 2. The predicted molar refractivity (Wildman–Crippen MR) is 70.0 cm³/mol. The van der Waals surface area contributed by atoms with Gasteiger partial charge in [0.2, 0.25) is 0 Å². The fourth-order valence-electron chi connectivity index (χ4n) is 1.89. The van der Waals surface area contributed by atoms with Crippen molar-refractivity contribution in [2.75, 3.05) is 0 Å². The van der Waals surface area contributed by atoms with Crippen molar-refractivity contribution >= 4 is 0 Å². The summed E-state index contributed by atoms with van der Waals surface area (Å²) in [5.74, 6) is -0.883. The molecule has 0 saturated carbocycles. The molecule has 0 heterocycles. The third-order valence-corrected chi connectivity index (χ3v) is 2.81. The van der Waals surface area contributed by atoms with E-state index in [1.54, 1.807) is 0 Å². The van der Waals surface area contributed by atoms with Gasteiger partial charge in [0.25, 0.3) is 0 Å². The minimum Gasteiger partial charge on any atom is -0.406 e. The molecule has 0 unspecified atom stereocenters. The third-order valence-electron chi connectivity index (χ3n) is 2.81. The number of benzene rings is 2. The van der Waals surface area contributed by atoms with Gasteiger partial charge in [-0.2, -0.15) is 0 Å². The average Bonchev–Trinajstić information content (AvgIpc) is 2.38. The highest BCUT2D eigenvalue weighted by molar-refractivity contribution is 5.67. The van der Waals surface area contributed by atoms with E-state index in [0.717, 1.165) is 18.2 Å². The van der Waals surface area contributed by atoms with E-state index >= 15 is 0 Å². The van der Waals surface area contributed by atoms with E-state index in [2.05, 4.69) is 9.47 Å². The summed E-state index contributed by atoms with van der Waals surface area (Å²) in [6, 6.07) is 8.90. The molecular weight excluding hydrogens is 326 g/mol. The molecule has 124 valence electrons. The molecule has 0 spiro atoms. The first-order valence-corrected chi connectivity index (χ1v) is 6.26. The molecule has 8 heteroatoms. The van der Waals surface area contributed by atoms with Crippen molar-refractivity contribution in [1.82, 2.24) is 0 Å². The van der Waals surface area contributed by atoms with Crippen molar-refractivity contribution in [2.45, 2.75) is 19.6 Å². The van der Waals surface area contributed by atoms with Crippen LogP contribution in [0.5, 0.6) is 11.5 Å². The summed E-state index contributed by atoms with van der Waals surface area (Å²) in [6.45, 7) is 1.42. The lowest BCUT2D eigenvalue weighted by Gasteiger charge is -2.14. The smallest absolute Gasteiger partial charge is 0.406 e. The van der Waals surface area contributed by atoms with Crippen LogP contribution in [0.2, 0.25) is 0 Å². The Balaban J connectivity index is 2.35. The number of halogens is 6. The van der Waals surface area contributed by atoms with Gasteiger partial charge >= 0.3 is 12.7 Å². The van der Waals surface area contributed by atoms with Crippen LogP contribution in [0.25, 0.3) is 11.1 Å². The monoisotopic (exact) mass is 336 g/mol. The van der Waals surface area contributed by atoms with Gasteiger partial charge in [0, 0.05) is 0 Å². The van der Waals surface area contributed by atoms with Crippen molar-refractivity contribution in [1.29, 1.82) is 0 Å². The summed E-state index contributed by atoms with van der Waals surface area (Å²) in [4.78, 5) is 0. The minimum absolute atomic E-state index is 0.244. The quantitative estimate of drug-likeness (QED) is 0.693. The van der Waals surface area contributed by atoms with Crippen molar-refractivity contribution < 1.29 is 35.8 Å². The second kappa shape index (κ2) is 6.02. The van der Waals surface area contributed by atoms with Crippen LogP contribution in [0.1, 0.15) is 5.56 Å². The molecule has 0 aliphatic rings. The normalized spacial score (nSPS) is 12.1. The zero-order valence-corrected chi connectivity index (χ0v) is 11.6. The zero-order chi connectivity index (χ0) is 17.3. The fourth-order valence-corrected chi connectivity index (χ4v) is 1.89. The second-order valence-electron chi connectivity index (χ2n) is 4.60. The van der Waals surface area contributed by atoms with Gasteiger partial charge < -0.3 is 9.47 Å². The first-order valence-electron chi connectivity index (χ1n) is 6.26. The Labute approximate surface area is 127 Å². The average molecular weight is 336 g/mol. The van der Waals surface area contributed by atoms with Gasteiger partial charge in [0.15, 0.2) is 0 Å². The third kappa shape index (κ3) is 5.08. The standard InChI is InChI=1S/C15H10F6O2/c1-9-5-6-11(8-13(9)23-15(19,20)21)10-3-2-4-12(7-10)22-14(16,17)18/h2-8H,1H3. The maximum absolute atomic E-state index is 12.3. The molecule has 2 nitrogen and oxygen atoms in total. The Bertz CT molecular complexity index is 691. The number of alkyl halides is 6.